The molecule has 4 rings (SSSR count). The molecule has 1 heterocycles. The van der Waals surface area contributed by atoms with Crippen molar-refractivity contribution in [1.29, 1.82) is 0 Å². The minimum absolute atomic E-state index is 0.0432. The molecule has 1 aromatic heterocycles. The Kier molecular flexibility index (Phi) is 7.96. The zero-order valence-electron chi connectivity index (χ0n) is 20.2. The van der Waals surface area contributed by atoms with Crippen molar-refractivity contribution in [2.24, 2.45) is 5.10 Å². The number of esters is 1. The largest absolute Gasteiger partial charge is 0.478 e. The lowest BCUT2D eigenvalue weighted by atomic mass is 10.1. The molecule has 0 spiro atoms. The molecule has 0 N–H and O–H groups in total. The summed E-state index contributed by atoms with van der Waals surface area (Å²) in [6.45, 7) is 3.49. The van der Waals surface area contributed by atoms with Gasteiger partial charge < -0.3 is 9.47 Å². The van der Waals surface area contributed by atoms with Crippen molar-refractivity contribution in [1.82, 2.24) is 9.66 Å². The fraction of sp³-hybridized carbons (Fsp3) is 0.185. The molecule has 0 radical (unpaired) electrons. The van der Waals surface area contributed by atoms with Crippen LogP contribution in [-0.4, -0.2) is 34.6 Å². The number of alkyl halides is 3. The Morgan fingerprint density at radius 1 is 1.13 bits per heavy atom. The maximum absolute atomic E-state index is 13.4. The van der Waals surface area contributed by atoms with E-state index in [4.69, 9.17) is 9.47 Å². The second-order valence-electron chi connectivity index (χ2n) is 8.09. The topological polar surface area (TPSA) is 82.8 Å². The average Bonchev–Trinajstić information content (AvgIpc) is 2.89. The van der Waals surface area contributed by atoms with Crippen LogP contribution in [0.1, 0.15) is 25.0 Å². The van der Waals surface area contributed by atoms with Gasteiger partial charge in [0.2, 0.25) is 0 Å². The highest BCUT2D eigenvalue weighted by Gasteiger charge is 2.31. The zero-order chi connectivity index (χ0) is 27.4. The monoisotopic (exact) mass is 587 g/mol. The summed E-state index contributed by atoms with van der Waals surface area (Å²) in [7, 11) is 0. The van der Waals surface area contributed by atoms with Crippen LogP contribution in [0.25, 0.3) is 22.3 Å². The van der Waals surface area contributed by atoms with E-state index in [2.05, 4.69) is 26.0 Å². The number of hydrogen-bond donors (Lipinski definition) is 0. The number of rotatable bonds is 7. The number of benzene rings is 3. The minimum atomic E-state index is -4.57. The summed E-state index contributed by atoms with van der Waals surface area (Å²) in [4.78, 5) is 29.6. The second-order valence-corrected chi connectivity index (χ2v) is 8.95. The first-order chi connectivity index (χ1) is 18.1. The summed E-state index contributed by atoms with van der Waals surface area (Å²) >= 11 is 3.39. The van der Waals surface area contributed by atoms with Crippen molar-refractivity contribution in [2.75, 3.05) is 6.61 Å². The molecule has 4 aromatic rings. The van der Waals surface area contributed by atoms with Gasteiger partial charge >= 0.3 is 12.1 Å². The van der Waals surface area contributed by atoms with E-state index in [1.165, 1.54) is 18.3 Å². The van der Waals surface area contributed by atoms with Crippen LogP contribution in [0.5, 0.6) is 5.75 Å². The zero-order valence-corrected chi connectivity index (χ0v) is 21.8. The van der Waals surface area contributed by atoms with Gasteiger partial charge in [0.05, 0.1) is 33.8 Å². The van der Waals surface area contributed by atoms with E-state index >= 15 is 0 Å². The predicted molar refractivity (Wildman–Crippen MR) is 140 cm³/mol. The van der Waals surface area contributed by atoms with E-state index in [-0.39, 0.29) is 23.4 Å². The molecule has 0 unspecified atom stereocenters. The molecule has 0 saturated heterocycles. The molecule has 0 bridgehead atoms. The number of carbonyl (C=O) groups is 1. The van der Waals surface area contributed by atoms with Gasteiger partial charge in [-0.3, -0.25) is 4.79 Å². The van der Waals surface area contributed by atoms with Crippen LogP contribution in [0.3, 0.4) is 0 Å². The molecule has 11 heteroatoms. The van der Waals surface area contributed by atoms with Gasteiger partial charge in [-0.1, -0.05) is 24.3 Å². The summed E-state index contributed by atoms with van der Waals surface area (Å²) < 4.78 is 52.1. The van der Waals surface area contributed by atoms with E-state index in [0.717, 1.165) is 16.8 Å². The number of hydrogen-bond acceptors (Lipinski definition) is 6. The first kappa shape index (κ1) is 27.1. The predicted octanol–water partition coefficient (Wildman–Crippen LogP) is 6.06. The van der Waals surface area contributed by atoms with Gasteiger partial charge in [-0.2, -0.15) is 22.9 Å². The molecule has 0 aliphatic carbocycles. The first-order valence-electron chi connectivity index (χ1n) is 11.4. The van der Waals surface area contributed by atoms with Gasteiger partial charge in [0, 0.05) is 5.56 Å². The van der Waals surface area contributed by atoms with E-state index in [0.29, 0.717) is 21.3 Å². The van der Waals surface area contributed by atoms with Crippen LogP contribution in [0.4, 0.5) is 13.2 Å². The van der Waals surface area contributed by atoms with Gasteiger partial charge in [0.25, 0.3) is 5.56 Å². The summed E-state index contributed by atoms with van der Waals surface area (Å²) in [5, 5.41) is 4.54. The van der Waals surface area contributed by atoms with Crippen LogP contribution in [0, 0.1) is 0 Å². The lowest BCUT2D eigenvalue weighted by Gasteiger charge is -2.14. The number of halogens is 4. The summed E-state index contributed by atoms with van der Waals surface area (Å²) in [5.74, 6) is -0.162. The fourth-order valence-electron chi connectivity index (χ4n) is 3.57. The molecular weight excluding hydrogens is 567 g/mol. The van der Waals surface area contributed by atoms with Crippen LogP contribution >= 0.6 is 15.9 Å². The van der Waals surface area contributed by atoms with Gasteiger partial charge in [0.15, 0.2) is 11.9 Å². The molecule has 0 fully saturated rings. The molecule has 0 aliphatic heterocycles. The third kappa shape index (κ3) is 5.94. The maximum Gasteiger partial charge on any atom is 0.416 e. The fourth-order valence-corrected chi connectivity index (χ4v) is 4.06. The Morgan fingerprint density at radius 3 is 2.61 bits per heavy atom. The van der Waals surface area contributed by atoms with E-state index in [1.807, 2.05) is 0 Å². The highest BCUT2D eigenvalue weighted by Crippen LogP contribution is 2.32. The molecule has 38 heavy (non-hydrogen) atoms. The summed E-state index contributed by atoms with van der Waals surface area (Å²) in [6.07, 6.45) is -4.02. The van der Waals surface area contributed by atoms with E-state index < -0.39 is 29.4 Å². The smallest absolute Gasteiger partial charge is 0.416 e. The van der Waals surface area contributed by atoms with Crippen molar-refractivity contribution in [3.05, 3.63) is 92.7 Å². The number of para-hydroxylation sites is 1. The standard InChI is InChI=1S/C27H21BrF3N3O4/c1-3-37-26(36)16(2)38-23-12-11-17(13-21(23)28)15-32-34-24(18-7-6-8-19(14-18)27(29,30)31)33-22-10-5-4-9-20(22)25(34)35/h4-16H,3H2,1-2H3/t16-/m1/s1. The SMILES string of the molecule is CCOC(=O)[C@@H](C)Oc1ccc(C=Nn2c(-c3cccc(C(F)(F)F)c3)nc3ccccc3c2=O)cc1Br. The van der Waals surface area contributed by atoms with Gasteiger partial charge in [-0.05, 0) is 77.8 Å². The van der Waals surface area contributed by atoms with Crippen molar-refractivity contribution in [2.45, 2.75) is 26.1 Å². The van der Waals surface area contributed by atoms with Crippen LogP contribution in [-0.2, 0) is 15.7 Å². The number of ether oxygens (including phenoxy) is 2. The maximum atomic E-state index is 13.4. The van der Waals surface area contributed by atoms with E-state index in [1.54, 1.807) is 56.3 Å². The molecule has 0 aliphatic rings. The number of nitrogens with zero attached hydrogens (tertiary/aromatic N) is 3. The number of fused-ring (bicyclic) bond motifs is 1. The Bertz CT molecular complexity index is 1580. The minimum Gasteiger partial charge on any atom is -0.478 e. The molecule has 0 amide bonds. The second kappa shape index (κ2) is 11.2. The van der Waals surface area contributed by atoms with Crippen molar-refractivity contribution in [3.8, 4) is 17.1 Å². The van der Waals surface area contributed by atoms with Crippen molar-refractivity contribution >= 4 is 39.0 Å². The van der Waals surface area contributed by atoms with Crippen molar-refractivity contribution in [3.63, 3.8) is 0 Å². The van der Waals surface area contributed by atoms with Gasteiger partial charge in [0.1, 0.15) is 5.75 Å². The molecule has 196 valence electrons. The Labute approximate surface area is 223 Å². The molecule has 3 aromatic carbocycles. The first-order valence-corrected chi connectivity index (χ1v) is 12.2. The van der Waals surface area contributed by atoms with Crippen LogP contribution < -0.4 is 10.3 Å². The summed E-state index contributed by atoms with van der Waals surface area (Å²) in [6, 6.07) is 16.0. The Morgan fingerprint density at radius 2 is 1.89 bits per heavy atom. The highest BCUT2D eigenvalue weighted by atomic mass is 79.9. The molecule has 0 saturated carbocycles. The quantitative estimate of drug-likeness (QED) is 0.194. The number of carbonyl (C=O) groups excluding carboxylic acids is 1. The summed E-state index contributed by atoms with van der Waals surface area (Å²) in [5.41, 5.74) is -0.455. The average molecular weight is 588 g/mol. The van der Waals surface area contributed by atoms with Crippen LogP contribution in [0.2, 0.25) is 0 Å². The Hall–Kier alpha value is -3.99. The normalized spacial score (nSPS) is 12.6. The molecule has 7 nitrogen and oxygen atoms in total. The molecular formula is C27H21BrF3N3O4. The van der Waals surface area contributed by atoms with Crippen molar-refractivity contribution < 1.29 is 27.4 Å². The lowest BCUT2D eigenvalue weighted by molar-refractivity contribution is -0.150. The van der Waals surface area contributed by atoms with Gasteiger partial charge in [-0.25, -0.2) is 9.78 Å². The Balaban J connectivity index is 1.74. The molecule has 1 atom stereocenters. The third-order valence-electron chi connectivity index (χ3n) is 5.40. The van der Waals surface area contributed by atoms with Crippen LogP contribution in [0.15, 0.2) is 81.1 Å². The highest BCUT2D eigenvalue weighted by molar-refractivity contribution is 9.10. The van der Waals surface area contributed by atoms with E-state index in [9.17, 15) is 22.8 Å². The lowest BCUT2D eigenvalue weighted by Crippen LogP contribution is -2.26. The third-order valence-corrected chi connectivity index (χ3v) is 6.02. The number of aromatic nitrogens is 2. The van der Waals surface area contributed by atoms with Gasteiger partial charge in [-0.15, -0.1) is 0 Å².